The van der Waals surface area contributed by atoms with Gasteiger partial charge in [-0.1, -0.05) is 25.4 Å². The summed E-state index contributed by atoms with van der Waals surface area (Å²) in [6.45, 7) is 11.3. The van der Waals surface area contributed by atoms with Gasteiger partial charge in [0, 0.05) is 11.6 Å². The predicted octanol–water partition coefficient (Wildman–Crippen LogP) is 3.77. The van der Waals surface area contributed by atoms with Crippen molar-refractivity contribution in [2.75, 3.05) is 13.2 Å². The van der Waals surface area contributed by atoms with Crippen molar-refractivity contribution in [3.63, 3.8) is 0 Å². The first kappa shape index (κ1) is 22.1. The maximum Gasteiger partial charge on any atom is 0.407 e. The van der Waals surface area contributed by atoms with E-state index in [1.165, 1.54) is 0 Å². The van der Waals surface area contributed by atoms with Gasteiger partial charge in [0.15, 0.2) is 6.61 Å². The number of ether oxygens (including phenoxy) is 2. The standard InChI is InChI=1S/C19H29ClN2O4/c1-13(2)19(6,12-21-17(24)26-18(3,4)5)22-16(23)11-25-15-9-7-14(20)8-10-15/h7-10,13H,11-12H2,1-6H3,(H,21,24)(H,22,23). The number of amides is 2. The van der Waals surface area contributed by atoms with Crippen LogP contribution in [0.3, 0.4) is 0 Å². The molecule has 6 nitrogen and oxygen atoms in total. The molecule has 0 aliphatic heterocycles. The van der Waals surface area contributed by atoms with Gasteiger partial charge in [-0.15, -0.1) is 0 Å². The number of rotatable bonds is 7. The van der Waals surface area contributed by atoms with Gasteiger partial charge in [0.05, 0.1) is 5.54 Å². The fourth-order valence-corrected chi connectivity index (χ4v) is 2.12. The van der Waals surface area contributed by atoms with Crippen molar-refractivity contribution in [1.82, 2.24) is 10.6 Å². The van der Waals surface area contributed by atoms with Crippen LogP contribution >= 0.6 is 11.6 Å². The molecule has 26 heavy (non-hydrogen) atoms. The third-order valence-corrected chi connectivity index (χ3v) is 4.13. The zero-order valence-corrected chi connectivity index (χ0v) is 17.1. The highest BCUT2D eigenvalue weighted by Crippen LogP contribution is 2.17. The number of halogens is 1. The number of hydrogen-bond acceptors (Lipinski definition) is 4. The molecule has 2 amide bonds. The average Bonchev–Trinajstić information content (AvgIpc) is 2.50. The molecule has 0 aromatic heterocycles. The molecule has 1 rings (SSSR count). The maximum atomic E-state index is 12.3. The fourth-order valence-electron chi connectivity index (χ4n) is 2.00. The van der Waals surface area contributed by atoms with Gasteiger partial charge in [-0.05, 0) is 57.9 Å². The second kappa shape index (κ2) is 9.12. The van der Waals surface area contributed by atoms with E-state index in [-0.39, 0.29) is 25.0 Å². The summed E-state index contributed by atoms with van der Waals surface area (Å²) in [5.41, 5.74) is -1.22. The molecule has 7 heteroatoms. The lowest BCUT2D eigenvalue weighted by Gasteiger charge is -2.35. The van der Waals surface area contributed by atoms with Crippen LogP contribution in [0.2, 0.25) is 5.02 Å². The van der Waals surface area contributed by atoms with Gasteiger partial charge in [0.2, 0.25) is 0 Å². The van der Waals surface area contributed by atoms with E-state index in [0.29, 0.717) is 10.8 Å². The molecule has 0 aliphatic carbocycles. The van der Waals surface area contributed by atoms with Crippen molar-refractivity contribution in [1.29, 1.82) is 0 Å². The predicted molar refractivity (Wildman–Crippen MR) is 103 cm³/mol. The molecule has 0 aliphatic rings. The lowest BCUT2D eigenvalue weighted by atomic mass is 9.88. The quantitative estimate of drug-likeness (QED) is 0.750. The zero-order chi connectivity index (χ0) is 20.0. The average molecular weight is 385 g/mol. The first-order chi connectivity index (χ1) is 11.9. The van der Waals surface area contributed by atoms with Crippen molar-refractivity contribution < 1.29 is 19.1 Å². The van der Waals surface area contributed by atoms with Gasteiger partial charge >= 0.3 is 6.09 Å². The molecule has 1 aromatic carbocycles. The second-order valence-electron chi connectivity index (χ2n) is 7.72. The number of carbonyl (C=O) groups excluding carboxylic acids is 2. The highest BCUT2D eigenvalue weighted by Gasteiger charge is 2.31. The van der Waals surface area contributed by atoms with Crippen molar-refractivity contribution in [3.05, 3.63) is 29.3 Å². The summed E-state index contributed by atoms with van der Waals surface area (Å²) < 4.78 is 10.7. The Bertz CT molecular complexity index is 611. The molecule has 1 atom stereocenters. The summed E-state index contributed by atoms with van der Waals surface area (Å²) in [4.78, 5) is 24.1. The number of carbonyl (C=O) groups is 2. The van der Waals surface area contributed by atoms with Gasteiger partial charge in [-0.25, -0.2) is 4.79 Å². The van der Waals surface area contributed by atoms with Crippen LogP contribution in [-0.2, 0) is 9.53 Å². The van der Waals surface area contributed by atoms with E-state index in [4.69, 9.17) is 21.1 Å². The zero-order valence-electron chi connectivity index (χ0n) is 16.3. The molecule has 146 valence electrons. The van der Waals surface area contributed by atoms with E-state index < -0.39 is 17.2 Å². The normalized spacial score (nSPS) is 13.7. The van der Waals surface area contributed by atoms with Crippen LogP contribution in [0.5, 0.6) is 5.75 Å². The van der Waals surface area contributed by atoms with Crippen LogP contribution in [0.15, 0.2) is 24.3 Å². The molecule has 0 heterocycles. The van der Waals surface area contributed by atoms with E-state index in [1.54, 1.807) is 45.0 Å². The van der Waals surface area contributed by atoms with Crippen LogP contribution in [0.1, 0.15) is 41.5 Å². The Morgan fingerprint density at radius 3 is 2.19 bits per heavy atom. The monoisotopic (exact) mass is 384 g/mol. The van der Waals surface area contributed by atoms with E-state index >= 15 is 0 Å². The Balaban J connectivity index is 2.57. The molecule has 0 spiro atoms. The molecule has 0 saturated heterocycles. The van der Waals surface area contributed by atoms with Gasteiger partial charge < -0.3 is 20.1 Å². The van der Waals surface area contributed by atoms with Crippen LogP contribution < -0.4 is 15.4 Å². The third kappa shape index (κ3) is 7.95. The first-order valence-corrected chi connectivity index (χ1v) is 8.95. The van der Waals surface area contributed by atoms with Crippen LogP contribution in [0.4, 0.5) is 4.79 Å². The second-order valence-corrected chi connectivity index (χ2v) is 8.15. The summed E-state index contributed by atoms with van der Waals surface area (Å²) >= 11 is 5.82. The van der Waals surface area contributed by atoms with Crippen LogP contribution in [-0.4, -0.2) is 36.3 Å². The maximum absolute atomic E-state index is 12.3. The van der Waals surface area contributed by atoms with E-state index in [1.807, 2.05) is 20.8 Å². The van der Waals surface area contributed by atoms with Gasteiger partial charge in [0.25, 0.3) is 5.91 Å². The van der Waals surface area contributed by atoms with Gasteiger partial charge in [0.1, 0.15) is 11.4 Å². The SMILES string of the molecule is CC(C)C(C)(CNC(=O)OC(C)(C)C)NC(=O)COc1ccc(Cl)cc1. The largest absolute Gasteiger partial charge is 0.484 e. The number of alkyl carbamates (subject to hydrolysis) is 1. The Hall–Kier alpha value is -1.95. The number of benzene rings is 1. The van der Waals surface area contributed by atoms with Crippen LogP contribution in [0, 0.1) is 5.92 Å². The minimum atomic E-state index is -0.642. The molecular weight excluding hydrogens is 356 g/mol. The molecule has 1 unspecified atom stereocenters. The van der Waals surface area contributed by atoms with Crippen molar-refractivity contribution in [3.8, 4) is 5.75 Å². The summed E-state index contributed by atoms with van der Waals surface area (Å²) in [7, 11) is 0. The minimum Gasteiger partial charge on any atom is -0.484 e. The van der Waals surface area contributed by atoms with E-state index in [0.717, 1.165) is 0 Å². The van der Waals surface area contributed by atoms with Crippen LogP contribution in [0.25, 0.3) is 0 Å². The summed E-state index contributed by atoms with van der Waals surface area (Å²) in [5.74, 6) is 0.363. The first-order valence-electron chi connectivity index (χ1n) is 8.57. The van der Waals surface area contributed by atoms with Gasteiger partial charge in [-0.3, -0.25) is 4.79 Å². The molecule has 0 radical (unpaired) electrons. The molecule has 2 N–H and O–H groups in total. The molecule has 0 saturated carbocycles. The Morgan fingerprint density at radius 1 is 1.12 bits per heavy atom. The molecule has 0 fully saturated rings. The Kier molecular flexibility index (Phi) is 7.75. The Labute approximate surface area is 160 Å². The third-order valence-electron chi connectivity index (χ3n) is 3.88. The lowest BCUT2D eigenvalue weighted by Crippen LogP contribution is -2.58. The smallest absolute Gasteiger partial charge is 0.407 e. The van der Waals surface area contributed by atoms with Crippen molar-refractivity contribution >= 4 is 23.6 Å². The number of hydrogen-bond donors (Lipinski definition) is 2. The minimum absolute atomic E-state index is 0.0805. The fraction of sp³-hybridized carbons (Fsp3) is 0.579. The molecule has 0 bridgehead atoms. The molecule has 1 aromatic rings. The molecular formula is C19H29ClN2O4. The number of nitrogens with one attached hydrogen (secondary N) is 2. The highest BCUT2D eigenvalue weighted by atomic mass is 35.5. The van der Waals surface area contributed by atoms with Crippen molar-refractivity contribution in [2.45, 2.75) is 52.7 Å². The van der Waals surface area contributed by atoms with Gasteiger partial charge in [-0.2, -0.15) is 0 Å². The van der Waals surface area contributed by atoms with E-state index in [9.17, 15) is 9.59 Å². The summed E-state index contributed by atoms with van der Waals surface area (Å²) in [5, 5.41) is 6.25. The summed E-state index contributed by atoms with van der Waals surface area (Å²) in [6.07, 6.45) is -0.518. The summed E-state index contributed by atoms with van der Waals surface area (Å²) in [6, 6.07) is 6.78. The van der Waals surface area contributed by atoms with E-state index in [2.05, 4.69) is 10.6 Å². The van der Waals surface area contributed by atoms with Crippen molar-refractivity contribution in [2.24, 2.45) is 5.92 Å². The lowest BCUT2D eigenvalue weighted by molar-refractivity contribution is -0.125. The topological polar surface area (TPSA) is 76.7 Å². The highest BCUT2D eigenvalue weighted by molar-refractivity contribution is 6.30. The Morgan fingerprint density at radius 2 is 1.69 bits per heavy atom.